The molecule has 3 nitrogen and oxygen atoms in total. The molecule has 0 unspecified atom stereocenters. The molecule has 1 saturated carbocycles. The number of ether oxygens (including phenoxy) is 2. The van der Waals surface area contributed by atoms with Gasteiger partial charge in [-0.05, 0) is 99.5 Å². The monoisotopic (exact) mass is 521 g/mol. The molecule has 3 aromatic carbocycles. The highest BCUT2D eigenvalue weighted by Gasteiger charge is 2.29. The quantitative estimate of drug-likeness (QED) is 0.185. The van der Waals surface area contributed by atoms with E-state index in [9.17, 15) is 13.6 Å². The van der Waals surface area contributed by atoms with Crippen LogP contribution in [0.5, 0.6) is 5.75 Å². The van der Waals surface area contributed by atoms with Crippen LogP contribution < -0.4 is 4.74 Å². The van der Waals surface area contributed by atoms with Crippen molar-refractivity contribution in [3.05, 3.63) is 84.4 Å². The van der Waals surface area contributed by atoms with Gasteiger partial charge in [0.15, 0.2) is 26.9 Å². The van der Waals surface area contributed by atoms with Crippen LogP contribution in [0.15, 0.2) is 87.5 Å². The molecule has 0 amide bonds. The van der Waals surface area contributed by atoms with E-state index in [1.807, 2.05) is 12.1 Å². The number of hydrogen-bond acceptors (Lipinski definition) is 3. The molecule has 0 spiro atoms. The van der Waals surface area contributed by atoms with Crippen LogP contribution in [0, 0.1) is 29.4 Å². The minimum absolute atomic E-state index is 0.227. The van der Waals surface area contributed by atoms with Crippen LogP contribution in [-0.4, -0.2) is 18.2 Å². The summed E-state index contributed by atoms with van der Waals surface area (Å²) in [6.45, 7) is 3.36. The van der Waals surface area contributed by atoms with Gasteiger partial charge in [0.1, 0.15) is 17.4 Å². The van der Waals surface area contributed by atoms with E-state index in [-0.39, 0.29) is 18.2 Å². The second kappa shape index (κ2) is 12.3. The zero-order valence-corrected chi connectivity index (χ0v) is 22.0. The van der Waals surface area contributed by atoms with Gasteiger partial charge in [0, 0.05) is 5.92 Å². The van der Waals surface area contributed by atoms with Crippen molar-refractivity contribution in [2.24, 2.45) is 5.92 Å². The van der Waals surface area contributed by atoms with Crippen molar-refractivity contribution in [1.82, 2.24) is 0 Å². The van der Waals surface area contributed by atoms with Gasteiger partial charge in [0.25, 0.3) is 0 Å². The Hall–Kier alpha value is -3.30. The Bertz CT molecular complexity index is 1190. The van der Waals surface area contributed by atoms with Crippen LogP contribution in [0.1, 0.15) is 46.0 Å². The van der Waals surface area contributed by atoms with Gasteiger partial charge in [-0.1, -0.05) is 31.1 Å². The molecule has 37 heavy (non-hydrogen) atoms. The first-order valence-electron chi connectivity index (χ1n) is 12.5. The van der Waals surface area contributed by atoms with Crippen molar-refractivity contribution in [3.8, 4) is 17.6 Å². The molecule has 0 bridgehead atoms. The summed E-state index contributed by atoms with van der Waals surface area (Å²) in [6, 6.07) is 20.0. The highest BCUT2D eigenvalue weighted by atomic mass is 32.2. The van der Waals surface area contributed by atoms with Crippen LogP contribution in [0.3, 0.4) is 0 Å². The lowest BCUT2D eigenvalue weighted by Gasteiger charge is -2.20. The van der Waals surface area contributed by atoms with E-state index in [0.29, 0.717) is 11.7 Å². The Kier molecular flexibility index (Phi) is 8.89. The first kappa shape index (κ1) is 26.8. The van der Waals surface area contributed by atoms with Crippen LogP contribution in [0.2, 0.25) is 0 Å². The summed E-state index contributed by atoms with van der Waals surface area (Å²) < 4.78 is 38.3. The molecule has 0 heterocycles. The summed E-state index contributed by atoms with van der Waals surface area (Å²) in [6.07, 6.45) is 5.91. The molecule has 0 saturated heterocycles. The third kappa shape index (κ3) is 7.84. The maximum atomic E-state index is 13.5. The molecule has 0 aromatic heterocycles. The average Bonchev–Trinajstić information content (AvgIpc) is 2.90. The Balaban J connectivity index is 1.40. The zero-order valence-electron chi connectivity index (χ0n) is 21.1. The van der Waals surface area contributed by atoms with E-state index in [1.165, 1.54) is 43.5 Å². The van der Waals surface area contributed by atoms with Crippen molar-refractivity contribution < 1.29 is 23.0 Å². The number of carbonyl (C=O) groups is 1. The van der Waals surface area contributed by atoms with E-state index in [2.05, 4.69) is 11.8 Å². The number of rotatable bonds is 7. The third-order valence-electron chi connectivity index (χ3n) is 6.07. The number of esters is 1. The highest BCUT2D eigenvalue weighted by Crippen LogP contribution is 2.32. The molecule has 4 rings (SSSR count). The van der Waals surface area contributed by atoms with Gasteiger partial charge in [-0.3, -0.25) is 0 Å². The van der Waals surface area contributed by atoms with Gasteiger partial charge >= 0.3 is 5.97 Å². The molecule has 0 aliphatic heterocycles. The lowest BCUT2D eigenvalue weighted by Crippen LogP contribution is -2.29. The highest BCUT2D eigenvalue weighted by molar-refractivity contribution is 7.97. The lowest BCUT2D eigenvalue weighted by atomic mass is 9.89. The smallest absolute Gasteiger partial charge is 0.345 e. The van der Waals surface area contributed by atoms with Crippen LogP contribution in [0.4, 0.5) is 8.78 Å². The van der Waals surface area contributed by atoms with Gasteiger partial charge in [-0.2, -0.15) is 0 Å². The summed E-state index contributed by atoms with van der Waals surface area (Å²) in [4.78, 5) is 15.2. The maximum absolute atomic E-state index is 13.5. The summed E-state index contributed by atoms with van der Waals surface area (Å²) >= 11 is 0. The molecule has 3 aromatic rings. The largest absolute Gasteiger partial charge is 0.482 e. The molecule has 1 fully saturated rings. The maximum Gasteiger partial charge on any atom is 0.345 e. The van der Waals surface area contributed by atoms with Crippen LogP contribution >= 0.6 is 0 Å². The van der Waals surface area contributed by atoms with Crippen molar-refractivity contribution >= 4 is 16.9 Å². The molecular weight excluding hydrogens is 490 g/mol. The minimum Gasteiger partial charge on any atom is -0.482 e. The fourth-order valence-corrected chi connectivity index (χ4v) is 6.27. The number of halogens is 2. The normalized spacial score (nSPS) is 14.1. The first-order chi connectivity index (χ1) is 17.8. The second-order valence-electron chi connectivity index (χ2n) is 9.56. The Morgan fingerprint density at radius 3 is 1.84 bits per heavy atom. The van der Waals surface area contributed by atoms with Gasteiger partial charge in [-0.15, -0.1) is 0 Å². The topological polar surface area (TPSA) is 35.5 Å². The van der Waals surface area contributed by atoms with Gasteiger partial charge in [0.05, 0.1) is 10.9 Å². The summed E-state index contributed by atoms with van der Waals surface area (Å²) in [5, 5.41) is 0. The van der Waals surface area contributed by atoms with Gasteiger partial charge in [0.2, 0.25) is 0 Å². The minimum atomic E-state index is -0.875. The fourth-order valence-electron chi connectivity index (χ4n) is 4.23. The SMILES string of the molecule is CC(C)(C#CC1CCCCC1)OC(=O)COc1ccc([S+](c2ccc(F)cc2)c2ccc(F)cc2)cc1. The zero-order chi connectivity index (χ0) is 26.3. The van der Waals surface area contributed by atoms with Crippen molar-refractivity contribution in [3.63, 3.8) is 0 Å². The van der Waals surface area contributed by atoms with Crippen LogP contribution in [-0.2, 0) is 20.4 Å². The Labute approximate surface area is 220 Å². The number of carbonyl (C=O) groups excluding carboxylic acids is 1. The number of hydrogen-bond donors (Lipinski definition) is 0. The fraction of sp³-hybridized carbons (Fsp3) is 0.323. The average molecular weight is 522 g/mol. The molecule has 192 valence electrons. The molecule has 0 radical (unpaired) electrons. The molecule has 1 aliphatic carbocycles. The first-order valence-corrected chi connectivity index (χ1v) is 13.7. The predicted molar refractivity (Wildman–Crippen MR) is 141 cm³/mol. The number of benzene rings is 3. The predicted octanol–water partition coefficient (Wildman–Crippen LogP) is 7.34. The van der Waals surface area contributed by atoms with E-state index in [0.717, 1.165) is 27.5 Å². The second-order valence-corrected chi connectivity index (χ2v) is 11.6. The van der Waals surface area contributed by atoms with Crippen molar-refractivity contribution in [2.45, 2.75) is 66.2 Å². The molecule has 6 heteroatoms. The van der Waals surface area contributed by atoms with Crippen molar-refractivity contribution in [1.29, 1.82) is 0 Å². The Morgan fingerprint density at radius 1 is 0.838 bits per heavy atom. The molecule has 0 N–H and O–H groups in total. The molecular formula is C31H31F2O3S+. The molecule has 1 aliphatic rings. The van der Waals surface area contributed by atoms with Crippen molar-refractivity contribution in [2.75, 3.05) is 6.61 Å². The van der Waals surface area contributed by atoms with E-state index in [4.69, 9.17) is 9.47 Å². The van der Waals surface area contributed by atoms with Crippen LogP contribution in [0.25, 0.3) is 0 Å². The summed E-state index contributed by atoms with van der Waals surface area (Å²) in [5.41, 5.74) is -0.875. The van der Waals surface area contributed by atoms with E-state index < -0.39 is 22.5 Å². The Morgan fingerprint density at radius 2 is 1.32 bits per heavy atom. The standard InChI is InChI=1S/C31H31F2O3S/c1-31(2,21-20-23-6-4-3-5-7-23)36-30(34)22-35-26-12-18-29(19-13-26)37(27-14-8-24(32)9-15-27)28-16-10-25(33)11-17-28/h8-19,23H,3-7,22H2,1-2H3/q+1. The summed E-state index contributed by atoms with van der Waals surface area (Å²) in [5.74, 6) is 6.20. The van der Waals surface area contributed by atoms with E-state index >= 15 is 0 Å². The van der Waals surface area contributed by atoms with Gasteiger partial charge in [-0.25, -0.2) is 13.6 Å². The third-order valence-corrected chi connectivity index (χ3v) is 8.30. The van der Waals surface area contributed by atoms with E-state index in [1.54, 1.807) is 50.2 Å². The van der Waals surface area contributed by atoms with Gasteiger partial charge < -0.3 is 9.47 Å². The molecule has 0 atom stereocenters. The lowest BCUT2D eigenvalue weighted by molar-refractivity contribution is -0.154. The summed E-state index contributed by atoms with van der Waals surface area (Å²) in [7, 11) is -0.566.